The van der Waals surface area contributed by atoms with Crippen molar-refractivity contribution in [1.29, 1.82) is 0 Å². The zero-order valence-electron chi connectivity index (χ0n) is 12.0. The Kier molecular flexibility index (Phi) is 6.44. The van der Waals surface area contributed by atoms with Gasteiger partial charge in [0.1, 0.15) is 5.75 Å². The molecule has 3 heteroatoms. The van der Waals surface area contributed by atoms with Crippen molar-refractivity contribution < 1.29 is 5.11 Å². The molecule has 0 heterocycles. The van der Waals surface area contributed by atoms with E-state index < -0.39 is 0 Å². The van der Waals surface area contributed by atoms with Gasteiger partial charge in [-0.3, -0.25) is 0 Å². The van der Waals surface area contributed by atoms with Crippen LogP contribution in [0.1, 0.15) is 44.4 Å². The van der Waals surface area contributed by atoms with Crippen LogP contribution >= 0.6 is 23.5 Å². The quantitative estimate of drug-likeness (QED) is 0.795. The van der Waals surface area contributed by atoms with Gasteiger partial charge in [-0.2, -0.15) is 23.5 Å². The summed E-state index contributed by atoms with van der Waals surface area (Å²) < 4.78 is 0. The minimum atomic E-state index is 0.443. The lowest BCUT2D eigenvalue weighted by molar-refractivity contribution is 0.470. The molecule has 18 heavy (non-hydrogen) atoms. The van der Waals surface area contributed by atoms with E-state index in [0.717, 1.165) is 17.1 Å². The molecule has 0 amide bonds. The topological polar surface area (TPSA) is 20.2 Å². The fourth-order valence-corrected chi connectivity index (χ4v) is 3.33. The van der Waals surface area contributed by atoms with E-state index in [-0.39, 0.29) is 0 Å². The molecule has 1 aromatic rings. The monoisotopic (exact) mass is 284 g/mol. The van der Waals surface area contributed by atoms with Crippen molar-refractivity contribution in [2.45, 2.75) is 56.6 Å². The second kappa shape index (κ2) is 7.34. The Morgan fingerprint density at radius 1 is 1.00 bits per heavy atom. The number of rotatable bonds is 6. The Balaban J connectivity index is 2.85. The van der Waals surface area contributed by atoms with Crippen LogP contribution in [0.25, 0.3) is 0 Å². The van der Waals surface area contributed by atoms with E-state index in [4.69, 9.17) is 0 Å². The third-order valence-electron chi connectivity index (χ3n) is 2.82. The Hall–Kier alpha value is -0.280. The van der Waals surface area contributed by atoms with Crippen LogP contribution in [-0.4, -0.2) is 15.6 Å². The summed E-state index contributed by atoms with van der Waals surface area (Å²) in [5.41, 5.74) is 3.72. The molecule has 1 rings (SSSR count). The minimum absolute atomic E-state index is 0.443. The van der Waals surface area contributed by atoms with Crippen molar-refractivity contribution in [2.75, 3.05) is 0 Å². The fraction of sp³-hybridized carbons (Fsp3) is 0.600. The van der Waals surface area contributed by atoms with Crippen LogP contribution in [0.4, 0.5) is 0 Å². The highest BCUT2D eigenvalue weighted by Gasteiger charge is 2.11. The molecule has 0 radical (unpaired) electrons. The predicted molar refractivity (Wildman–Crippen MR) is 85.7 cm³/mol. The molecule has 0 fully saturated rings. The average Bonchev–Trinajstić information content (AvgIpc) is 2.27. The molecular formula is C15H24OS2. The third-order valence-corrected chi connectivity index (χ3v) is 5.09. The van der Waals surface area contributed by atoms with E-state index >= 15 is 0 Å². The molecule has 1 N–H and O–H groups in total. The largest absolute Gasteiger partial charge is 0.508 e. The maximum absolute atomic E-state index is 9.99. The number of phenolic OH excluding ortho intramolecular Hbond substituents is 1. The van der Waals surface area contributed by atoms with Gasteiger partial charge in [-0.05, 0) is 34.6 Å². The van der Waals surface area contributed by atoms with Crippen LogP contribution in [0.15, 0.2) is 12.1 Å². The lowest BCUT2D eigenvalue weighted by Gasteiger charge is -2.15. The molecule has 0 spiro atoms. The normalized spacial score (nSPS) is 11.5. The lowest BCUT2D eigenvalue weighted by Crippen LogP contribution is -1.98. The first-order valence-electron chi connectivity index (χ1n) is 6.45. The van der Waals surface area contributed by atoms with Gasteiger partial charge < -0.3 is 5.11 Å². The SMILES string of the molecule is Cc1c(CSC(C)C)ccc(O)c1CSC(C)C. The number of thioether (sulfide) groups is 2. The summed E-state index contributed by atoms with van der Waals surface area (Å²) in [6.07, 6.45) is 0. The first-order valence-corrected chi connectivity index (χ1v) is 8.55. The van der Waals surface area contributed by atoms with Crippen LogP contribution in [-0.2, 0) is 11.5 Å². The summed E-state index contributed by atoms with van der Waals surface area (Å²) in [5.74, 6) is 2.37. The number of phenols is 1. The van der Waals surface area contributed by atoms with E-state index in [1.165, 1.54) is 11.1 Å². The standard InChI is InChI=1S/C15H24OS2/c1-10(2)17-8-13-6-7-15(16)14(12(13)5)9-18-11(3)4/h6-7,10-11,16H,8-9H2,1-5H3. The maximum Gasteiger partial charge on any atom is 0.119 e. The molecule has 102 valence electrons. The Labute approximate surface area is 120 Å². The summed E-state index contributed by atoms with van der Waals surface area (Å²) in [5, 5.41) is 11.2. The zero-order chi connectivity index (χ0) is 13.7. The molecule has 0 aliphatic heterocycles. The van der Waals surface area contributed by atoms with Gasteiger partial charge in [-0.25, -0.2) is 0 Å². The van der Waals surface area contributed by atoms with Crippen LogP contribution < -0.4 is 0 Å². The Morgan fingerprint density at radius 2 is 1.56 bits per heavy atom. The van der Waals surface area contributed by atoms with Gasteiger partial charge in [0.15, 0.2) is 0 Å². The van der Waals surface area contributed by atoms with Crippen LogP contribution in [0.2, 0.25) is 0 Å². The van der Waals surface area contributed by atoms with Gasteiger partial charge in [0, 0.05) is 17.1 Å². The number of aromatic hydroxyl groups is 1. The predicted octanol–water partition coefficient (Wildman–Crippen LogP) is 4.98. The van der Waals surface area contributed by atoms with Crippen molar-refractivity contribution in [1.82, 2.24) is 0 Å². The second-order valence-electron chi connectivity index (χ2n) is 5.07. The molecule has 0 saturated carbocycles. The van der Waals surface area contributed by atoms with E-state index in [1.807, 2.05) is 29.6 Å². The zero-order valence-corrected chi connectivity index (χ0v) is 13.6. The summed E-state index contributed by atoms with van der Waals surface area (Å²) in [4.78, 5) is 0. The summed E-state index contributed by atoms with van der Waals surface area (Å²) in [6.45, 7) is 10.9. The van der Waals surface area contributed by atoms with Crippen LogP contribution in [0.3, 0.4) is 0 Å². The van der Waals surface area contributed by atoms with Crippen molar-refractivity contribution in [3.05, 3.63) is 28.8 Å². The second-order valence-corrected chi connectivity index (χ2v) is 8.20. The molecule has 0 aromatic heterocycles. The highest BCUT2D eigenvalue weighted by atomic mass is 32.2. The first kappa shape index (κ1) is 15.8. The van der Waals surface area contributed by atoms with E-state index in [9.17, 15) is 5.11 Å². The molecule has 0 saturated heterocycles. The molecule has 0 bridgehead atoms. The summed E-state index contributed by atoms with van der Waals surface area (Å²) in [6, 6.07) is 3.91. The average molecular weight is 284 g/mol. The van der Waals surface area contributed by atoms with Crippen LogP contribution in [0, 0.1) is 6.92 Å². The molecule has 0 aliphatic carbocycles. The molecule has 1 aromatic carbocycles. The van der Waals surface area contributed by atoms with Gasteiger partial charge in [0.05, 0.1) is 0 Å². The van der Waals surface area contributed by atoms with E-state index in [2.05, 4.69) is 40.7 Å². The van der Waals surface area contributed by atoms with Gasteiger partial charge in [0.2, 0.25) is 0 Å². The van der Waals surface area contributed by atoms with E-state index in [0.29, 0.717) is 16.2 Å². The molecule has 0 unspecified atom stereocenters. The van der Waals surface area contributed by atoms with Gasteiger partial charge in [-0.15, -0.1) is 0 Å². The smallest absolute Gasteiger partial charge is 0.119 e. The summed E-state index contributed by atoms with van der Waals surface area (Å²) >= 11 is 3.83. The number of benzene rings is 1. The van der Waals surface area contributed by atoms with Crippen molar-refractivity contribution in [3.63, 3.8) is 0 Å². The highest BCUT2D eigenvalue weighted by molar-refractivity contribution is 7.99. The fourth-order valence-electron chi connectivity index (χ4n) is 1.64. The number of hydrogen-bond donors (Lipinski definition) is 1. The number of hydrogen-bond acceptors (Lipinski definition) is 3. The van der Waals surface area contributed by atoms with Crippen molar-refractivity contribution in [2.24, 2.45) is 0 Å². The Bertz CT molecular complexity index is 386. The first-order chi connectivity index (χ1) is 8.41. The van der Waals surface area contributed by atoms with Crippen LogP contribution in [0.5, 0.6) is 5.75 Å². The molecular weight excluding hydrogens is 260 g/mol. The van der Waals surface area contributed by atoms with Crippen molar-refractivity contribution in [3.8, 4) is 5.75 Å². The summed E-state index contributed by atoms with van der Waals surface area (Å²) in [7, 11) is 0. The lowest BCUT2D eigenvalue weighted by atomic mass is 10.0. The Morgan fingerprint density at radius 3 is 2.11 bits per heavy atom. The minimum Gasteiger partial charge on any atom is -0.508 e. The van der Waals surface area contributed by atoms with Gasteiger partial charge >= 0.3 is 0 Å². The molecule has 1 nitrogen and oxygen atoms in total. The van der Waals surface area contributed by atoms with Crippen molar-refractivity contribution >= 4 is 23.5 Å². The molecule has 0 aliphatic rings. The van der Waals surface area contributed by atoms with Gasteiger partial charge in [0.25, 0.3) is 0 Å². The van der Waals surface area contributed by atoms with Gasteiger partial charge in [-0.1, -0.05) is 33.8 Å². The highest BCUT2D eigenvalue weighted by Crippen LogP contribution is 2.31. The third kappa shape index (κ3) is 4.77. The maximum atomic E-state index is 9.99. The molecule has 0 atom stereocenters. The van der Waals surface area contributed by atoms with E-state index in [1.54, 1.807) is 0 Å².